The molecule has 5 heteroatoms. The Hall–Kier alpha value is -0.970. The van der Waals surface area contributed by atoms with E-state index in [2.05, 4.69) is 15.9 Å². The van der Waals surface area contributed by atoms with Crippen LogP contribution in [0.15, 0.2) is 16.6 Å². The van der Waals surface area contributed by atoms with Crippen LogP contribution in [0.1, 0.15) is 24.8 Å². The van der Waals surface area contributed by atoms with E-state index in [1.807, 2.05) is 0 Å². The van der Waals surface area contributed by atoms with Gasteiger partial charge in [0.2, 0.25) is 0 Å². The zero-order valence-corrected chi connectivity index (χ0v) is 9.85. The maximum atomic E-state index is 13.3. The topological polar surface area (TPSA) is 37.3 Å². The third kappa shape index (κ3) is 1.96. The molecule has 0 saturated heterocycles. The Morgan fingerprint density at radius 1 is 1.44 bits per heavy atom. The van der Waals surface area contributed by atoms with Gasteiger partial charge in [0.05, 0.1) is 10.9 Å². The van der Waals surface area contributed by atoms with Gasteiger partial charge in [0.15, 0.2) is 0 Å². The van der Waals surface area contributed by atoms with Crippen LogP contribution in [0.4, 0.5) is 8.78 Å². The number of carbonyl (C=O) groups is 1. The molecular formula is C11H9BrF2O2. The first kappa shape index (κ1) is 11.5. The van der Waals surface area contributed by atoms with Crippen molar-refractivity contribution >= 4 is 21.9 Å². The number of benzene rings is 1. The number of carboxylic acid groups (broad SMARTS) is 1. The molecule has 1 fully saturated rings. The lowest BCUT2D eigenvalue weighted by Crippen LogP contribution is -2.14. The fraction of sp³-hybridized carbons (Fsp3) is 0.364. The average Bonchev–Trinajstić information content (AvgIpc) is 2.91. The summed E-state index contributed by atoms with van der Waals surface area (Å²) in [5.41, 5.74) is -0.166. The van der Waals surface area contributed by atoms with Crippen molar-refractivity contribution in [3.05, 3.63) is 33.8 Å². The normalized spacial score (nSPS) is 17.2. The minimum absolute atomic E-state index is 0.0888. The lowest BCUT2D eigenvalue weighted by molar-refractivity contribution is -0.137. The van der Waals surface area contributed by atoms with E-state index in [0.717, 1.165) is 6.07 Å². The summed E-state index contributed by atoms with van der Waals surface area (Å²) in [6, 6.07) is 1.99. The van der Waals surface area contributed by atoms with Gasteiger partial charge in [0.25, 0.3) is 0 Å². The maximum Gasteiger partial charge on any atom is 0.304 e. The summed E-state index contributed by atoms with van der Waals surface area (Å²) in [6.45, 7) is 0. The van der Waals surface area contributed by atoms with Crippen LogP contribution in [0.2, 0.25) is 0 Å². The predicted octanol–water partition coefficient (Wildman–Crippen LogP) is 3.23. The molecule has 16 heavy (non-hydrogen) atoms. The van der Waals surface area contributed by atoms with Crippen molar-refractivity contribution in [2.24, 2.45) is 0 Å². The van der Waals surface area contributed by atoms with E-state index in [4.69, 9.17) is 5.11 Å². The van der Waals surface area contributed by atoms with Gasteiger partial charge in [-0.3, -0.25) is 4.79 Å². The van der Waals surface area contributed by atoms with E-state index in [9.17, 15) is 13.6 Å². The average molecular weight is 291 g/mol. The van der Waals surface area contributed by atoms with Crippen LogP contribution < -0.4 is 0 Å². The van der Waals surface area contributed by atoms with Crippen LogP contribution in [0.3, 0.4) is 0 Å². The molecule has 2 rings (SSSR count). The molecule has 0 heterocycles. The molecule has 0 spiro atoms. The molecule has 0 unspecified atom stereocenters. The number of aliphatic carboxylic acids is 1. The summed E-state index contributed by atoms with van der Waals surface area (Å²) in [6.07, 6.45) is 1.22. The quantitative estimate of drug-likeness (QED) is 0.868. The van der Waals surface area contributed by atoms with Crippen molar-refractivity contribution in [1.82, 2.24) is 0 Å². The number of hydrogen-bond donors (Lipinski definition) is 1. The predicted molar refractivity (Wildman–Crippen MR) is 57.2 cm³/mol. The Balaban J connectivity index is 2.44. The Morgan fingerprint density at radius 3 is 2.56 bits per heavy atom. The Bertz CT molecular complexity index is 456. The van der Waals surface area contributed by atoms with Crippen molar-refractivity contribution in [3.63, 3.8) is 0 Å². The monoisotopic (exact) mass is 290 g/mol. The molecule has 0 aromatic heterocycles. The first-order chi connectivity index (χ1) is 7.44. The Labute approximate surface area is 99.4 Å². The highest BCUT2D eigenvalue weighted by Gasteiger charge is 2.47. The molecule has 1 aromatic rings. The van der Waals surface area contributed by atoms with Gasteiger partial charge in [-0.05, 0) is 40.4 Å². The third-order valence-corrected chi connectivity index (χ3v) is 3.71. The van der Waals surface area contributed by atoms with Crippen LogP contribution in [-0.4, -0.2) is 11.1 Å². The largest absolute Gasteiger partial charge is 0.481 e. The molecule has 0 atom stereocenters. The first-order valence-corrected chi connectivity index (χ1v) is 5.61. The highest BCUT2D eigenvalue weighted by Crippen LogP contribution is 2.53. The molecule has 1 N–H and O–H groups in total. The number of rotatable bonds is 3. The highest BCUT2D eigenvalue weighted by atomic mass is 79.9. The number of halogens is 3. The molecule has 0 amide bonds. The summed E-state index contributed by atoms with van der Waals surface area (Å²) < 4.78 is 26.6. The van der Waals surface area contributed by atoms with E-state index >= 15 is 0 Å². The van der Waals surface area contributed by atoms with Crippen molar-refractivity contribution in [3.8, 4) is 0 Å². The molecule has 86 valence electrons. The van der Waals surface area contributed by atoms with Crippen molar-refractivity contribution < 1.29 is 18.7 Å². The second-order valence-electron chi connectivity index (χ2n) is 4.10. The second kappa shape index (κ2) is 3.80. The Kier molecular flexibility index (Phi) is 2.74. The molecule has 0 aliphatic heterocycles. The summed E-state index contributed by atoms with van der Waals surface area (Å²) in [7, 11) is 0. The third-order valence-electron chi connectivity index (χ3n) is 2.91. The summed E-state index contributed by atoms with van der Waals surface area (Å²) in [5, 5.41) is 8.78. The molecule has 2 nitrogen and oxygen atoms in total. The van der Waals surface area contributed by atoms with Gasteiger partial charge in [-0.1, -0.05) is 0 Å². The lowest BCUT2D eigenvalue weighted by Gasteiger charge is -2.15. The number of carboxylic acids is 1. The van der Waals surface area contributed by atoms with Gasteiger partial charge < -0.3 is 5.11 Å². The summed E-state index contributed by atoms with van der Waals surface area (Å²) in [5.74, 6) is -2.31. The van der Waals surface area contributed by atoms with Gasteiger partial charge in [0, 0.05) is 11.5 Å². The van der Waals surface area contributed by atoms with Gasteiger partial charge in [-0.15, -0.1) is 0 Å². The standard InChI is InChI=1S/C11H9BrF2O2/c12-10-7(3-6(13)4-8(10)14)11(1-2-11)5-9(15)16/h3-4H,1-2,5H2,(H,15,16). The highest BCUT2D eigenvalue weighted by molar-refractivity contribution is 9.10. The maximum absolute atomic E-state index is 13.3. The molecular weight excluding hydrogens is 282 g/mol. The zero-order chi connectivity index (χ0) is 11.9. The minimum Gasteiger partial charge on any atom is -0.481 e. The van der Waals surface area contributed by atoms with E-state index in [1.165, 1.54) is 6.07 Å². The molecule has 1 aliphatic carbocycles. The smallest absolute Gasteiger partial charge is 0.304 e. The summed E-state index contributed by atoms with van der Waals surface area (Å²) >= 11 is 3.05. The molecule has 1 aromatic carbocycles. The molecule has 1 saturated carbocycles. The van der Waals surface area contributed by atoms with Crippen LogP contribution in [0.5, 0.6) is 0 Å². The van der Waals surface area contributed by atoms with Crippen molar-refractivity contribution in [2.75, 3.05) is 0 Å². The van der Waals surface area contributed by atoms with E-state index < -0.39 is 23.0 Å². The molecule has 0 radical (unpaired) electrons. The zero-order valence-electron chi connectivity index (χ0n) is 8.27. The minimum atomic E-state index is -0.950. The van der Waals surface area contributed by atoms with Gasteiger partial charge in [-0.25, -0.2) is 8.78 Å². The fourth-order valence-electron chi connectivity index (χ4n) is 1.92. The fourth-order valence-corrected chi connectivity index (χ4v) is 2.57. The van der Waals surface area contributed by atoms with Gasteiger partial charge in [-0.2, -0.15) is 0 Å². The SMILES string of the molecule is O=C(O)CC1(c2cc(F)cc(F)c2Br)CC1. The van der Waals surface area contributed by atoms with Crippen LogP contribution in [0.25, 0.3) is 0 Å². The number of hydrogen-bond acceptors (Lipinski definition) is 1. The summed E-state index contributed by atoms with van der Waals surface area (Å²) in [4.78, 5) is 10.7. The first-order valence-electron chi connectivity index (χ1n) is 4.81. The second-order valence-corrected chi connectivity index (χ2v) is 4.89. The van der Waals surface area contributed by atoms with Crippen molar-refractivity contribution in [2.45, 2.75) is 24.7 Å². The van der Waals surface area contributed by atoms with Crippen molar-refractivity contribution in [1.29, 1.82) is 0 Å². The lowest BCUT2D eigenvalue weighted by atomic mass is 9.92. The molecule has 1 aliphatic rings. The molecule has 0 bridgehead atoms. The van der Waals surface area contributed by atoms with Crippen LogP contribution in [0, 0.1) is 11.6 Å². The van der Waals surface area contributed by atoms with E-state index in [1.54, 1.807) is 0 Å². The van der Waals surface area contributed by atoms with Gasteiger partial charge >= 0.3 is 5.97 Å². The van der Waals surface area contributed by atoms with Gasteiger partial charge in [0.1, 0.15) is 11.6 Å². The van der Waals surface area contributed by atoms with Crippen LogP contribution >= 0.6 is 15.9 Å². The van der Waals surface area contributed by atoms with E-state index in [0.29, 0.717) is 18.4 Å². The Morgan fingerprint density at radius 2 is 2.06 bits per heavy atom. The van der Waals surface area contributed by atoms with Crippen LogP contribution in [-0.2, 0) is 10.2 Å². The van der Waals surface area contributed by atoms with E-state index in [-0.39, 0.29) is 10.9 Å².